The minimum absolute atomic E-state index is 0.0839. The highest BCUT2D eigenvalue weighted by molar-refractivity contribution is 8.00. The van der Waals surface area contributed by atoms with Gasteiger partial charge in [-0.1, -0.05) is 11.6 Å². The van der Waals surface area contributed by atoms with Gasteiger partial charge in [0.15, 0.2) is 0 Å². The molecule has 1 aliphatic heterocycles. The van der Waals surface area contributed by atoms with Gasteiger partial charge in [-0.3, -0.25) is 14.9 Å². The van der Waals surface area contributed by atoms with Crippen LogP contribution in [0.2, 0.25) is 5.02 Å². The maximum atomic E-state index is 12.7. The number of carbonyl (C=O) groups excluding carboxylic acids is 1. The number of benzene rings is 2. The van der Waals surface area contributed by atoms with Crippen LogP contribution in [-0.2, 0) is 4.79 Å². The summed E-state index contributed by atoms with van der Waals surface area (Å²) in [5.41, 5.74) is 1.02. The Balaban J connectivity index is 1.54. The van der Waals surface area contributed by atoms with Crippen LogP contribution in [0.4, 0.5) is 11.4 Å². The second-order valence-corrected chi connectivity index (χ2v) is 8.15. The average Bonchev–Trinajstić information content (AvgIpc) is 2.69. The molecule has 0 spiro atoms. The van der Waals surface area contributed by atoms with E-state index in [2.05, 4.69) is 4.90 Å². The average molecular weight is 406 g/mol. The van der Waals surface area contributed by atoms with E-state index >= 15 is 0 Å². The van der Waals surface area contributed by atoms with E-state index in [0.717, 1.165) is 10.6 Å². The van der Waals surface area contributed by atoms with Gasteiger partial charge in [0, 0.05) is 53.9 Å². The van der Waals surface area contributed by atoms with E-state index in [1.54, 1.807) is 12.1 Å². The van der Waals surface area contributed by atoms with Crippen LogP contribution in [0.15, 0.2) is 53.4 Å². The van der Waals surface area contributed by atoms with E-state index in [-0.39, 0.29) is 16.8 Å². The third-order valence-corrected chi connectivity index (χ3v) is 5.84. The zero-order valence-electron chi connectivity index (χ0n) is 14.9. The standard InChI is InChI=1S/C19H20ClN3O3S/c1-14(27-18-8-2-15(20)3-9-18)19(24)22-12-10-21(11-13-22)16-4-6-17(7-5-16)23(25)26/h2-9,14H,10-13H2,1H3. The number of hydrogen-bond acceptors (Lipinski definition) is 5. The van der Waals surface area contributed by atoms with Gasteiger partial charge in [0.2, 0.25) is 5.91 Å². The fourth-order valence-corrected chi connectivity index (χ4v) is 4.07. The number of thioether (sulfide) groups is 1. The molecule has 2 aromatic rings. The van der Waals surface area contributed by atoms with Crippen molar-refractivity contribution in [2.75, 3.05) is 31.1 Å². The summed E-state index contributed by atoms with van der Waals surface area (Å²) in [5.74, 6) is 0.123. The molecule has 0 aromatic heterocycles. The number of carbonyl (C=O) groups is 1. The van der Waals surface area contributed by atoms with Gasteiger partial charge in [0.05, 0.1) is 10.2 Å². The fourth-order valence-electron chi connectivity index (χ4n) is 3.00. The zero-order chi connectivity index (χ0) is 19.4. The number of halogens is 1. The van der Waals surface area contributed by atoms with Gasteiger partial charge in [0.25, 0.3) is 5.69 Å². The molecule has 2 aromatic carbocycles. The molecule has 0 bridgehead atoms. The van der Waals surface area contributed by atoms with Crippen molar-refractivity contribution in [1.82, 2.24) is 4.90 Å². The summed E-state index contributed by atoms with van der Waals surface area (Å²) in [6, 6.07) is 14.0. The van der Waals surface area contributed by atoms with Crippen molar-refractivity contribution in [3.8, 4) is 0 Å². The molecule has 1 amide bonds. The van der Waals surface area contributed by atoms with Crippen LogP contribution in [0.25, 0.3) is 0 Å². The predicted octanol–water partition coefficient (Wildman–Crippen LogP) is 4.08. The number of piperazine rings is 1. The van der Waals surface area contributed by atoms with Crippen LogP contribution < -0.4 is 4.90 Å². The fraction of sp³-hybridized carbons (Fsp3) is 0.316. The second kappa shape index (κ2) is 8.63. The monoisotopic (exact) mass is 405 g/mol. The zero-order valence-corrected chi connectivity index (χ0v) is 16.4. The first-order valence-electron chi connectivity index (χ1n) is 8.64. The number of nitro groups is 1. The molecule has 3 rings (SSSR count). The Morgan fingerprint density at radius 2 is 1.67 bits per heavy atom. The van der Waals surface area contributed by atoms with Gasteiger partial charge in [-0.25, -0.2) is 0 Å². The minimum Gasteiger partial charge on any atom is -0.368 e. The Kier molecular flexibility index (Phi) is 6.23. The molecule has 0 saturated carbocycles. The summed E-state index contributed by atoms with van der Waals surface area (Å²) < 4.78 is 0. The normalized spacial score (nSPS) is 15.5. The van der Waals surface area contributed by atoms with Crippen LogP contribution in [0, 0.1) is 10.1 Å². The van der Waals surface area contributed by atoms with Gasteiger partial charge in [-0.2, -0.15) is 0 Å². The first-order valence-corrected chi connectivity index (χ1v) is 9.90. The van der Waals surface area contributed by atoms with E-state index in [4.69, 9.17) is 11.6 Å². The predicted molar refractivity (Wildman–Crippen MR) is 109 cm³/mol. The smallest absolute Gasteiger partial charge is 0.269 e. The number of amides is 1. The molecule has 1 heterocycles. The summed E-state index contributed by atoms with van der Waals surface area (Å²) >= 11 is 7.43. The number of nitro benzene ring substituents is 1. The lowest BCUT2D eigenvalue weighted by molar-refractivity contribution is -0.384. The molecule has 1 aliphatic rings. The number of hydrogen-bond donors (Lipinski definition) is 0. The lowest BCUT2D eigenvalue weighted by atomic mass is 10.2. The SMILES string of the molecule is CC(Sc1ccc(Cl)cc1)C(=O)N1CCN(c2ccc([N+](=O)[O-])cc2)CC1. The molecule has 0 radical (unpaired) electrons. The summed E-state index contributed by atoms with van der Waals surface area (Å²) in [6.45, 7) is 4.62. The third-order valence-electron chi connectivity index (χ3n) is 4.49. The molecule has 6 nitrogen and oxygen atoms in total. The molecule has 1 saturated heterocycles. The molecule has 27 heavy (non-hydrogen) atoms. The van der Waals surface area contributed by atoms with Crippen LogP contribution in [-0.4, -0.2) is 47.2 Å². The maximum absolute atomic E-state index is 12.7. The van der Waals surface area contributed by atoms with Gasteiger partial charge >= 0.3 is 0 Å². The first kappa shape index (κ1) is 19.5. The molecule has 0 aliphatic carbocycles. The van der Waals surface area contributed by atoms with Gasteiger partial charge < -0.3 is 9.80 Å². The first-order chi connectivity index (χ1) is 12.9. The lowest BCUT2D eigenvalue weighted by Crippen LogP contribution is -2.50. The summed E-state index contributed by atoms with van der Waals surface area (Å²) in [6.07, 6.45) is 0. The summed E-state index contributed by atoms with van der Waals surface area (Å²) in [7, 11) is 0. The minimum atomic E-state index is -0.403. The van der Waals surface area contributed by atoms with Crippen LogP contribution in [0.3, 0.4) is 0 Å². The maximum Gasteiger partial charge on any atom is 0.269 e. The summed E-state index contributed by atoms with van der Waals surface area (Å²) in [4.78, 5) is 28.1. The highest BCUT2D eigenvalue weighted by Crippen LogP contribution is 2.27. The molecule has 1 unspecified atom stereocenters. The van der Waals surface area contributed by atoms with Gasteiger partial charge in [-0.15, -0.1) is 11.8 Å². The molecule has 0 N–H and O–H groups in total. The molecular formula is C19H20ClN3O3S. The quantitative estimate of drug-likeness (QED) is 0.426. The van der Waals surface area contributed by atoms with E-state index in [9.17, 15) is 14.9 Å². The van der Waals surface area contributed by atoms with E-state index in [0.29, 0.717) is 31.2 Å². The van der Waals surface area contributed by atoms with Crippen molar-refractivity contribution in [1.29, 1.82) is 0 Å². The van der Waals surface area contributed by atoms with Crippen molar-refractivity contribution < 1.29 is 9.72 Å². The number of nitrogens with zero attached hydrogens (tertiary/aromatic N) is 3. The Hall–Kier alpha value is -2.25. The lowest BCUT2D eigenvalue weighted by Gasteiger charge is -2.37. The highest BCUT2D eigenvalue weighted by Gasteiger charge is 2.25. The van der Waals surface area contributed by atoms with Gasteiger partial charge in [0.1, 0.15) is 0 Å². The van der Waals surface area contributed by atoms with Crippen molar-refractivity contribution >= 4 is 40.6 Å². The number of non-ortho nitro benzene ring substituents is 1. The van der Waals surface area contributed by atoms with E-state index < -0.39 is 4.92 Å². The van der Waals surface area contributed by atoms with E-state index in [1.165, 1.54) is 23.9 Å². The topological polar surface area (TPSA) is 66.7 Å². The van der Waals surface area contributed by atoms with Crippen molar-refractivity contribution in [3.05, 3.63) is 63.7 Å². The number of rotatable bonds is 5. The molecule has 8 heteroatoms. The Morgan fingerprint density at radius 3 is 2.22 bits per heavy atom. The van der Waals surface area contributed by atoms with Crippen LogP contribution >= 0.6 is 23.4 Å². The highest BCUT2D eigenvalue weighted by atomic mass is 35.5. The van der Waals surface area contributed by atoms with Crippen LogP contribution in [0.1, 0.15) is 6.92 Å². The number of anilines is 1. The Bertz CT molecular complexity index is 806. The van der Waals surface area contributed by atoms with Gasteiger partial charge in [-0.05, 0) is 43.3 Å². The second-order valence-electron chi connectivity index (χ2n) is 6.30. The van der Waals surface area contributed by atoms with E-state index in [1.807, 2.05) is 36.1 Å². The molecule has 1 fully saturated rings. The summed E-state index contributed by atoms with van der Waals surface area (Å²) in [5, 5.41) is 11.3. The van der Waals surface area contributed by atoms with Crippen molar-refractivity contribution in [2.45, 2.75) is 17.1 Å². The Morgan fingerprint density at radius 1 is 1.07 bits per heavy atom. The third kappa shape index (κ3) is 4.93. The van der Waals surface area contributed by atoms with Crippen LogP contribution in [0.5, 0.6) is 0 Å². The molecule has 1 atom stereocenters. The Labute approximate surface area is 167 Å². The molecular weight excluding hydrogens is 386 g/mol. The van der Waals surface area contributed by atoms with Crippen molar-refractivity contribution in [2.24, 2.45) is 0 Å². The largest absolute Gasteiger partial charge is 0.368 e. The molecule has 142 valence electrons. The van der Waals surface area contributed by atoms with Crippen molar-refractivity contribution in [3.63, 3.8) is 0 Å².